The molecule has 3 rings (SSSR count). The van der Waals surface area contributed by atoms with Crippen molar-refractivity contribution >= 4 is 0 Å². The molecule has 1 heterocycles. The number of hydrogen-bond donors (Lipinski definition) is 1. The van der Waals surface area contributed by atoms with Crippen molar-refractivity contribution in [2.24, 2.45) is 0 Å². The molecule has 0 bridgehead atoms. The fourth-order valence-corrected chi connectivity index (χ4v) is 2.47. The molecular formula is C17H23N3. The predicted octanol–water partition coefficient (Wildman–Crippen LogP) is 3.81. The molecule has 0 saturated heterocycles. The highest BCUT2D eigenvalue weighted by Crippen LogP contribution is 2.39. The van der Waals surface area contributed by atoms with Gasteiger partial charge >= 0.3 is 0 Å². The van der Waals surface area contributed by atoms with Gasteiger partial charge in [-0.05, 0) is 56.5 Å². The molecule has 1 saturated carbocycles. The predicted molar refractivity (Wildman–Crippen MR) is 82.2 cm³/mol. The minimum absolute atomic E-state index is 0.406. The maximum Gasteiger partial charge on any atom is 0.0659 e. The molecule has 0 spiro atoms. The molecule has 0 radical (unpaired) electrons. The Labute approximate surface area is 121 Å². The first kappa shape index (κ1) is 13.4. The van der Waals surface area contributed by atoms with Gasteiger partial charge in [0, 0.05) is 18.2 Å². The number of nitrogens with zero attached hydrogens (tertiary/aromatic N) is 2. The lowest BCUT2D eigenvalue weighted by molar-refractivity contribution is 0.570. The van der Waals surface area contributed by atoms with Crippen molar-refractivity contribution in [1.29, 1.82) is 0 Å². The van der Waals surface area contributed by atoms with Gasteiger partial charge in [0.1, 0.15) is 0 Å². The van der Waals surface area contributed by atoms with Gasteiger partial charge in [-0.2, -0.15) is 5.10 Å². The Kier molecular flexibility index (Phi) is 3.88. The van der Waals surface area contributed by atoms with Gasteiger partial charge in [0.25, 0.3) is 0 Å². The van der Waals surface area contributed by atoms with E-state index in [9.17, 15) is 0 Å². The third kappa shape index (κ3) is 2.93. The van der Waals surface area contributed by atoms with Gasteiger partial charge in [0.2, 0.25) is 0 Å². The molecule has 20 heavy (non-hydrogen) atoms. The number of hydrogen-bond acceptors (Lipinski definition) is 2. The van der Waals surface area contributed by atoms with Crippen LogP contribution in [0.1, 0.15) is 56.3 Å². The average Bonchev–Trinajstić information content (AvgIpc) is 3.22. The van der Waals surface area contributed by atoms with E-state index in [-0.39, 0.29) is 0 Å². The molecule has 3 heteroatoms. The maximum absolute atomic E-state index is 4.67. The third-order valence-electron chi connectivity index (χ3n) is 3.96. The van der Waals surface area contributed by atoms with E-state index in [4.69, 9.17) is 0 Å². The lowest BCUT2D eigenvalue weighted by atomic mass is 10.1. The molecule has 1 unspecified atom stereocenters. The Balaban J connectivity index is 1.71. The second-order valence-electron chi connectivity index (χ2n) is 5.73. The molecule has 0 amide bonds. The molecule has 1 atom stereocenters. The summed E-state index contributed by atoms with van der Waals surface area (Å²) in [5.41, 5.74) is 3.71. The van der Waals surface area contributed by atoms with E-state index < -0.39 is 0 Å². The van der Waals surface area contributed by atoms with E-state index in [1.54, 1.807) is 0 Å². The molecule has 2 aromatic rings. The molecule has 1 N–H and O–H groups in total. The topological polar surface area (TPSA) is 29.9 Å². The van der Waals surface area contributed by atoms with Crippen LogP contribution in [0.15, 0.2) is 36.5 Å². The van der Waals surface area contributed by atoms with Gasteiger partial charge in [0.05, 0.1) is 11.4 Å². The van der Waals surface area contributed by atoms with Crippen LogP contribution in [0.5, 0.6) is 0 Å². The summed E-state index contributed by atoms with van der Waals surface area (Å²) in [6.45, 7) is 5.47. The van der Waals surface area contributed by atoms with E-state index in [1.165, 1.54) is 30.5 Å². The molecule has 1 aromatic heterocycles. The fourth-order valence-electron chi connectivity index (χ4n) is 2.47. The zero-order valence-electron chi connectivity index (χ0n) is 12.3. The van der Waals surface area contributed by atoms with Gasteiger partial charge in [-0.1, -0.05) is 19.1 Å². The monoisotopic (exact) mass is 269 g/mol. The summed E-state index contributed by atoms with van der Waals surface area (Å²) in [6.07, 6.45) is 5.84. The quantitative estimate of drug-likeness (QED) is 0.864. The van der Waals surface area contributed by atoms with E-state index in [0.717, 1.165) is 12.2 Å². The average molecular weight is 269 g/mol. The van der Waals surface area contributed by atoms with Crippen molar-refractivity contribution in [3.05, 3.63) is 47.8 Å². The molecule has 1 aromatic carbocycles. The van der Waals surface area contributed by atoms with E-state index in [1.807, 2.05) is 4.68 Å². The summed E-state index contributed by atoms with van der Waals surface area (Å²) < 4.78 is 1.99. The van der Waals surface area contributed by atoms with Crippen molar-refractivity contribution in [1.82, 2.24) is 15.1 Å². The van der Waals surface area contributed by atoms with Crippen LogP contribution in [-0.2, 0) is 0 Å². The minimum atomic E-state index is 0.406. The van der Waals surface area contributed by atoms with Crippen LogP contribution in [0.3, 0.4) is 0 Å². The van der Waals surface area contributed by atoms with Gasteiger partial charge < -0.3 is 5.32 Å². The Morgan fingerprint density at radius 3 is 2.65 bits per heavy atom. The van der Waals surface area contributed by atoms with Crippen LogP contribution in [0, 0.1) is 0 Å². The van der Waals surface area contributed by atoms with Crippen molar-refractivity contribution < 1.29 is 0 Å². The smallest absolute Gasteiger partial charge is 0.0659 e. The highest BCUT2D eigenvalue weighted by Gasteiger charge is 2.25. The van der Waals surface area contributed by atoms with Gasteiger partial charge in [-0.15, -0.1) is 0 Å². The van der Waals surface area contributed by atoms with Gasteiger partial charge in [-0.3, -0.25) is 0 Å². The zero-order chi connectivity index (χ0) is 13.9. The van der Waals surface area contributed by atoms with Crippen molar-refractivity contribution in [2.45, 2.75) is 45.1 Å². The summed E-state index contributed by atoms with van der Waals surface area (Å²) >= 11 is 0. The molecule has 106 valence electrons. The second kappa shape index (κ2) is 5.80. The Morgan fingerprint density at radius 1 is 1.25 bits per heavy atom. The molecule has 1 aliphatic rings. The van der Waals surface area contributed by atoms with Crippen LogP contribution in [-0.4, -0.2) is 16.3 Å². The summed E-state index contributed by atoms with van der Waals surface area (Å²) in [5, 5.41) is 8.18. The maximum atomic E-state index is 4.67. The Bertz CT molecular complexity index is 552. The van der Waals surface area contributed by atoms with Crippen LogP contribution in [0.25, 0.3) is 5.69 Å². The van der Waals surface area contributed by atoms with Crippen LogP contribution in [0.2, 0.25) is 0 Å². The van der Waals surface area contributed by atoms with Crippen molar-refractivity contribution in [2.75, 3.05) is 6.54 Å². The molecule has 1 fully saturated rings. The summed E-state index contributed by atoms with van der Waals surface area (Å²) in [5.74, 6) is 0.716. The highest BCUT2D eigenvalue weighted by molar-refractivity contribution is 5.35. The summed E-state index contributed by atoms with van der Waals surface area (Å²) in [6, 6.07) is 11.3. The largest absolute Gasteiger partial charge is 0.310 e. The number of benzene rings is 1. The first-order valence-electron chi connectivity index (χ1n) is 7.67. The Morgan fingerprint density at radius 2 is 2.00 bits per heavy atom. The van der Waals surface area contributed by atoms with E-state index >= 15 is 0 Å². The lowest BCUT2D eigenvalue weighted by Gasteiger charge is -2.14. The van der Waals surface area contributed by atoms with Gasteiger partial charge in [-0.25, -0.2) is 4.68 Å². The van der Waals surface area contributed by atoms with Crippen LogP contribution >= 0.6 is 0 Å². The number of aromatic nitrogens is 2. The van der Waals surface area contributed by atoms with Crippen molar-refractivity contribution in [3.63, 3.8) is 0 Å². The van der Waals surface area contributed by atoms with Crippen LogP contribution < -0.4 is 5.32 Å². The lowest BCUT2D eigenvalue weighted by Crippen LogP contribution is -2.19. The third-order valence-corrected chi connectivity index (χ3v) is 3.96. The second-order valence-corrected chi connectivity index (χ2v) is 5.73. The standard InChI is InChI=1S/C17H23N3/c1-3-11-18-13(2)14-6-8-16(9-7-14)20-12-10-17(19-20)15-4-5-15/h6-10,12-13,15,18H,3-5,11H2,1-2H3. The SMILES string of the molecule is CCCNC(C)c1ccc(-n2ccc(C3CC3)n2)cc1. The Hall–Kier alpha value is -1.61. The normalized spacial score (nSPS) is 16.3. The first-order valence-corrected chi connectivity index (χ1v) is 7.67. The van der Waals surface area contributed by atoms with E-state index in [0.29, 0.717) is 12.0 Å². The summed E-state index contributed by atoms with van der Waals surface area (Å²) in [4.78, 5) is 0. The molecule has 3 nitrogen and oxygen atoms in total. The van der Waals surface area contributed by atoms with E-state index in [2.05, 4.69) is 60.8 Å². The summed E-state index contributed by atoms with van der Waals surface area (Å²) in [7, 11) is 0. The van der Waals surface area contributed by atoms with Crippen molar-refractivity contribution in [3.8, 4) is 5.69 Å². The highest BCUT2D eigenvalue weighted by atomic mass is 15.3. The number of rotatable bonds is 6. The van der Waals surface area contributed by atoms with Gasteiger partial charge in [0.15, 0.2) is 0 Å². The number of nitrogens with one attached hydrogen (secondary N) is 1. The fraction of sp³-hybridized carbons (Fsp3) is 0.471. The minimum Gasteiger partial charge on any atom is -0.310 e. The zero-order valence-corrected chi connectivity index (χ0v) is 12.3. The first-order chi connectivity index (χ1) is 9.78. The van der Waals surface area contributed by atoms with Crippen LogP contribution in [0.4, 0.5) is 0 Å². The molecule has 1 aliphatic carbocycles. The molecule has 0 aliphatic heterocycles. The molecular weight excluding hydrogens is 246 g/mol.